The van der Waals surface area contributed by atoms with Crippen LogP contribution in [0.5, 0.6) is 0 Å². The number of aliphatic hydroxyl groups excluding tert-OH is 3. The summed E-state index contributed by atoms with van der Waals surface area (Å²) < 4.78 is 46.7. The normalized spacial score (nSPS) is 45.8. The highest BCUT2D eigenvalue weighted by Gasteiger charge is 2.48. The van der Waals surface area contributed by atoms with Crippen LogP contribution in [0, 0.1) is 0 Å². The molecule has 14 heteroatoms. The van der Waals surface area contributed by atoms with Crippen LogP contribution in [0.4, 0.5) is 0 Å². The summed E-state index contributed by atoms with van der Waals surface area (Å²) in [6, 6.07) is -2.07. The Kier molecular flexibility index (Phi) is 9.08. The molecule has 0 amide bonds. The Hall–Kier alpha value is -0.490. The lowest BCUT2D eigenvalue weighted by Crippen LogP contribution is -2.60. The van der Waals surface area contributed by atoms with E-state index in [-0.39, 0.29) is 11.8 Å². The zero-order valence-electron chi connectivity index (χ0n) is 18.7. The van der Waals surface area contributed by atoms with Gasteiger partial charge in [0.15, 0.2) is 12.6 Å². The van der Waals surface area contributed by atoms with E-state index in [1.54, 1.807) is 0 Å². The third kappa shape index (κ3) is 6.80. The summed E-state index contributed by atoms with van der Waals surface area (Å²) in [7, 11) is -3.29. The Morgan fingerprint density at radius 2 is 1.70 bits per heavy atom. The zero-order valence-corrected chi connectivity index (χ0v) is 19.5. The molecule has 12 atom stereocenters. The fraction of sp³-hybridized carbons (Fsp3) is 1.00. The number of hydrogen-bond acceptors (Lipinski definition) is 13. The van der Waals surface area contributed by atoms with E-state index in [9.17, 15) is 23.7 Å². The number of rotatable bonds is 8. The molecule has 3 rings (SSSR count). The average molecular weight is 499 g/mol. The van der Waals surface area contributed by atoms with Crippen molar-refractivity contribution >= 4 is 9.84 Å². The zero-order chi connectivity index (χ0) is 24.5. The van der Waals surface area contributed by atoms with Gasteiger partial charge in [-0.05, 0) is 25.7 Å². The first-order chi connectivity index (χ1) is 15.4. The van der Waals surface area contributed by atoms with Crippen molar-refractivity contribution in [3.05, 3.63) is 0 Å². The van der Waals surface area contributed by atoms with Gasteiger partial charge in [-0.3, -0.25) is 0 Å². The molecule has 1 aliphatic carbocycles. The molecule has 1 unspecified atom stereocenters. The quantitative estimate of drug-likeness (QED) is 0.168. The summed E-state index contributed by atoms with van der Waals surface area (Å²) in [4.78, 5) is 0. The molecular weight excluding hydrogens is 460 g/mol. The molecule has 0 aromatic carbocycles. The molecule has 194 valence electrons. The minimum atomic E-state index is -3.29. The van der Waals surface area contributed by atoms with Crippen LogP contribution < -0.4 is 22.9 Å². The third-order valence-corrected chi connectivity index (χ3v) is 7.40. The second-order valence-corrected chi connectivity index (χ2v) is 11.6. The second-order valence-electron chi connectivity index (χ2n) is 9.42. The second kappa shape index (κ2) is 11.1. The predicted molar refractivity (Wildman–Crippen MR) is 116 cm³/mol. The van der Waals surface area contributed by atoms with Crippen molar-refractivity contribution in [3.8, 4) is 0 Å². The third-order valence-electron chi connectivity index (χ3n) is 6.41. The Bertz CT molecular complexity index is 747. The smallest absolute Gasteiger partial charge is 0.187 e. The maximum atomic E-state index is 11.6. The topological polar surface area (TPSA) is 236 Å². The van der Waals surface area contributed by atoms with Gasteiger partial charge < -0.3 is 57.2 Å². The SMILES string of the molecule is CS(=O)(=O)C[C@H](N)C1CC[C@@H](N)[C@@H](O[C@@H]2[C@@H](N)C[C@@H](N)C[C@H]2O[C@@H]2O[C@H](CO)[C@@H](O)[C@H]2O)O1. The summed E-state index contributed by atoms with van der Waals surface area (Å²) in [5.74, 6) is -0.228. The van der Waals surface area contributed by atoms with Crippen molar-refractivity contribution < 1.29 is 42.7 Å². The minimum Gasteiger partial charge on any atom is -0.394 e. The Morgan fingerprint density at radius 1 is 1.00 bits per heavy atom. The highest BCUT2D eigenvalue weighted by atomic mass is 32.2. The van der Waals surface area contributed by atoms with Gasteiger partial charge in [0.25, 0.3) is 0 Å². The van der Waals surface area contributed by atoms with E-state index in [0.717, 1.165) is 6.26 Å². The minimum absolute atomic E-state index is 0.228. The van der Waals surface area contributed by atoms with Gasteiger partial charge in [0, 0.05) is 24.4 Å². The van der Waals surface area contributed by atoms with E-state index in [2.05, 4.69) is 0 Å². The first kappa shape index (κ1) is 27.1. The lowest BCUT2D eigenvalue weighted by atomic mass is 9.86. The van der Waals surface area contributed by atoms with Crippen LogP contribution in [-0.4, -0.2) is 116 Å². The Labute approximate surface area is 193 Å². The van der Waals surface area contributed by atoms with Crippen LogP contribution in [0.2, 0.25) is 0 Å². The molecular formula is C19H38N4O9S. The summed E-state index contributed by atoms with van der Waals surface area (Å²) in [5, 5.41) is 29.5. The number of ether oxygens (including phenoxy) is 4. The number of nitrogens with two attached hydrogens (primary N) is 4. The van der Waals surface area contributed by atoms with Crippen LogP contribution in [0.15, 0.2) is 0 Å². The molecule has 11 N–H and O–H groups in total. The Balaban J connectivity index is 1.69. The van der Waals surface area contributed by atoms with Crippen molar-refractivity contribution in [1.82, 2.24) is 0 Å². The van der Waals surface area contributed by atoms with Crippen LogP contribution >= 0.6 is 0 Å². The van der Waals surface area contributed by atoms with Gasteiger partial charge in [0.1, 0.15) is 34.3 Å². The van der Waals surface area contributed by atoms with E-state index >= 15 is 0 Å². The summed E-state index contributed by atoms with van der Waals surface area (Å²) >= 11 is 0. The molecule has 2 heterocycles. The molecule has 0 aromatic rings. The fourth-order valence-electron chi connectivity index (χ4n) is 4.65. The number of hydrogen-bond donors (Lipinski definition) is 7. The maximum absolute atomic E-state index is 11.6. The molecule has 1 saturated carbocycles. The van der Waals surface area contributed by atoms with Crippen LogP contribution in [0.1, 0.15) is 25.7 Å². The van der Waals surface area contributed by atoms with Crippen molar-refractivity contribution in [3.63, 3.8) is 0 Å². The molecule has 0 bridgehead atoms. The van der Waals surface area contributed by atoms with Gasteiger partial charge in [0.05, 0.1) is 30.6 Å². The maximum Gasteiger partial charge on any atom is 0.187 e. The molecule has 3 fully saturated rings. The van der Waals surface area contributed by atoms with Crippen LogP contribution in [0.25, 0.3) is 0 Å². The van der Waals surface area contributed by atoms with Crippen molar-refractivity contribution in [1.29, 1.82) is 0 Å². The van der Waals surface area contributed by atoms with Gasteiger partial charge in [-0.2, -0.15) is 0 Å². The largest absolute Gasteiger partial charge is 0.394 e. The highest BCUT2D eigenvalue weighted by molar-refractivity contribution is 7.90. The van der Waals surface area contributed by atoms with Crippen molar-refractivity contribution in [2.45, 2.75) is 99.1 Å². The first-order valence-corrected chi connectivity index (χ1v) is 13.2. The van der Waals surface area contributed by atoms with E-state index in [1.807, 2.05) is 0 Å². The van der Waals surface area contributed by atoms with E-state index < -0.39 is 83.8 Å². The first-order valence-electron chi connectivity index (χ1n) is 11.2. The van der Waals surface area contributed by atoms with Gasteiger partial charge in [-0.1, -0.05) is 0 Å². The van der Waals surface area contributed by atoms with Gasteiger partial charge >= 0.3 is 0 Å². The van der Waals surface area contributed by atoms with Crippen LogP contribution in [-0.2, 0) is 28.8 Å². The Morgan fingerprint density at radius 3 is 2.30 bits per heavy atom. The predicted octanol–water partition coefficient (Wildman–Crippen LogP) is -4.15. The molecule has 0 spiro atoms. The van der Waals surface area contributed by atoms with Crippen LogP contribution in [0.3, 0.4) is 0 Å². The van der Waals surface area contributed by atoms with Gasteiger partial charge in [0.2, 0.25) is 0 Å². The number of aliphatic hydroxyl groups is 3. The number of sulfone groups is 1. The van der Waals surface area contributed by atoms with Crippen molar-refractivity contribution in [2.24, 2.45) is 22.9 Å². The summed E-state index contributed by atoms with van der Waals surface area (Å²) in [6.07, 6.45) is -4.89. The van der Waals surface area contributed by atoms with Gasteiger partial charge in [-0.25, -0.2) is 8.42 Å². The van der Waals surface area contributed by atoms with E-state index in [1.165, 1.54) is 0 Å². The monoisotopic (exact) mass is 498 g/mol. The molecule has 3 aliphatic rings. The lowest BCUT2D eigenvalue weighted by molar-refractivity contribution is -0.274. The average Bonchev–Trinajstić information content (AvgIpc) is 2.98. The highest BCUT2D eigenvalue weighted by Crippen LogP contribution is 2.31. The van der Waals surface area contributed by atoms with Gasteiger partial charge in [-0.15, -0.1) is 0 Å². The molecule has 0 radical (unpaired) electrons. The lowest BCUT2D eigenvalue weighted by Gasteiger charge is -2.44. The fourth-order valence-corrected chi connectivity index (χ4v) is 5.57. The summed E-state index contributed by atoms with van der Waals surface area (Å²) in [6.45, 7) is -0.485. The van der Waals surface area contributed by atoms with E-state index in [0.29, 0.717) is 25.7 Å². The molecule has 33 heavy (non-hydrogen) atoms. The molecule has 2 aliphatic heterocycles. The molecule has 0 aromatic heterocycles. The summed E-state index contributed by atoms with van der Waals surface area (Å²) in [5.41, 5.74) is 24.7. The molecule has 2 saturated heterocycles. The molecule has 13 nitrogen and oxygen atoms in total. The van der Waals surface area contributed by atoms with E-state index in [4.69, 9.17) is 41.9 Å². The van der Waals surface area contributed by atoms with Crippen molar-refractivity contribution in [2.75, 3.05) is 18.6 Å². The standard InChI is InChI=1S/C19H38N4O9S/c1-33(27,28)7-11(23)12-3-2-9(21)18(29-12)32-17-10(22)4-8(20)5-13(17)30-19-16(26)15(25)14(6-24)31-19/h8-19,24-26H,2-7,20-23H2,1H3/t8-,9-,10+,11+,12?,13-,14-,15-,16-,17-,18-,19-/m1/s1.